The van der Waals surface area contributed by atoms with Crippen molar-refractivity contribution in [2.45, 2.75) is 32.4 Å². The van der Waals surface area contributed by atoms with Crippen LogP contribution in [0.2, 0.25) is 30.8 Å². The second-order valence-corrected chi connectivity index (χ2v) is 13.5. The number of benzene rings is 1. The minimum absolute atomic E-state index is 0.403. The van der Waals surface area contributed by atoms with Gasteiger partial charge in [0.25, 0.3) is 0 Å². The van der Waals surface area contributed by atoms with Crippen molar-refractivity contribution in [2.24, 2.45) is 0 Å². The molecule has 5 nitrogen and oxygen atoms in total. The minimum atomic E-state index is -1.11. The van der Waals surface area contributed by atoms with E-state index in [-0.39, 0.29) is 0 Å². The van der Waals surface area contributed by atoms with Crippen LogP contribution in [0, 0.1) is 0 Å². The first-order chi connectivity index (χ1) is 12.4. The van der Waals surface area contributed by atoms with Gasteiger partial charge in [-0.1, -0.05) is 31.2 Å². The summed E-state index contributed by atoms with van der Waals surface area (Å²) >= 11 is 6.12. The Bertz CT molecular complexity index is 888. The van der Waals surface area contributed by atoms with E-state index >= 15 is 0 Å². The number of methoxy groups -OCH3 is 1. The van der Waals surface area contributed by atoms with Gasteiger partial charge in [-0.3, -0.25) is 0 Å². The first-order valence-electron chi connectivity index (χ1n) is 8.61. The molecule has 0 aliphatic heterocycles. The van der Waals surface area contributed by atoms with Crippen LogP contribution in [0.25, 0.3) is 22.2 Å². The van der Waals surface area contributed by atoms with Crippen LogP contribution >= 0.6 is 11.6 Å². The van der Waals surface area contributed by atoms with Gasteiger partial charge in [0.2, 0.25) is 0 Å². The average molecular weight is 390 g/mol. The van der Waals surface area contributed by atoms with E-state index in [0.29, 0.717) is 11.9 Å². The molecule has 1 aromatic carbocycles. The Morgan fingerprint density at radius 2 is 1.88 bits per heavy atom. The molecule has 3 rings (SSSR count). The highest BCUT2D eigenvalue weighted by molar-refractivity contribution is 6.76. The number of ether oxygens (including phenoxy) is 2. The van der Waals surface area contributed by atoms with E-state index in [2.05, 4.69) is 24.6 Å². The van der Waals surface area contributed by atoms with Crippen molar-refractivity contribution < 1.29 is 9.47 Å². The third kappa shape index (κ3) is 4.44. The minimum Gasteiger partial charge on any atom is -0.497 e. The lowest BCUT2D eigenvalue weighted by molar-refractivity contribution is 0.0818. The molecule has 138 valence electrons. The number of pyridine rings is 1. The Labute approximate surface area is 159 Å². The third-order valence-electron chi connectivity index (χ3n) is 4.18. The number of rotatable bonds is 7. The molecule has 0 unspecified atom stereocenters. The molecular weight excluding hydrogens is 366 g/mol. The van der Waals surface area contributed by atoms with E-state index in [9.17, 15) is 0 Å². The fraction of sp³-hybridized carbons (Fsp3) is 0.368. The number of hydrogen-bond donors (Lipinski definition) is 0. The summed E-state index contributed by atoms with van der Waals surface area (Å²) in [7, 11) is 0.546. The SMILES string of the molecule is COc1ccc(-c2nn(COCC[Si](C)(C)C)c3cnc(Cl)cc23)cc1. The van der Waals surface area contributed by atoms with Crippen molar-refractivity contribution in [3.8, 4) is 17.0 Å². The predicted molar refractivity (Wildman–Crippen MR) is 109 cm³/mol. The smallest absolute Gasteiger partial charge is 0.140 e. The zero-order valence-corrected chi connectivity index (χ0v) is 17.4. The van der Waals surface area contributed by atoms with Crippen molar-refractivity contribution >= 4 is 30.6 Å². The van der Waals surface area contributed by atoms with E-state index in [1.54, 1.807) is 13.3 Å². The van der Waals surface area contributed by atoms with Gasteiger partial charge in [-0.25, -0.2) is 9.67 Å². The highest BCUT2D eigenvalue weighted by atomic mass is 35.5. The number of fused-ring (bicyclic) bond motifs is 1. The molecule has 2 heterocycles. The van der Waals surface area contributed by atoms with Crippen molar-refractivity contribution in [3.05, 3.63) is 41.7 Å². The van der Waals surface area contributed by atoms with Gasteiger partial charge in [-0.15, -0.1) is 0 Å². The number of aromatic nitrogens is 3. The van der Waals surface area contributed by atoms with E-state index in [1.165, 1.54) is 0 Å². The van der Waals surface area contributed by atoms with Gasteiger partial charge in [-0.2, -0.15) is 5.10 Å². The van der Waals surface area contributed by atoms with Gasteiger partial charge in [0, 0.05) is 25.6 Å². The summed E-state index contributed by atoms with van der Waals surface area (Å²) in [6.07, 6.45) is 1.75. The quantitative estimate of drug-likeness (QED) is 0.321. The molecule has 0 saturated carbocycles. The van der Waals surface area contributed by atoms with Crippen molar-refractivity contribution in [3.63, 3.8) is 0 Å². The molecule has 0 aliphatic rings. The highest BCUT2D eigenvalue weighted by Gasteiger charge is 2.15. The maximum absolute atomic E-state index is 6.12. The normalized spacial score (nSPS) is 11.9. The van der Waals surface area contributed by atoms with Crippen LogP contribution < -0.4 is 4.74 Å². The van der Waals surface area contributed by atoms with Gasteiger partial charge in [-0.05, 0) is 36.4 Å². The van der Waals surface area contributed by atoms with Gasteiger partial charge in [0.1, 0.15) is 23.3 Å². The molecule has 0 saturated heterocycles. The lowest BCUT2D eigenvalue weighted by Crippen LogP contribution is -2.22. The molecule has 26 heavy (non-hydrogen) atoms. The van der Waals surface area contributed by atoms with Crippen molar-refractivity contribution in [1.29, 1.82) is 0 Å². The summed E-state index contributed by atoms with van der Waals surface area (Å²) in [4.78, 5) is 4.21. The fourth-order valence-electron chi connectivity index (χ4n) is 2.64. The Balaban J connectivity index is 1.89. The number of halogens is 1. The molecule has 0 aliphatic carbocycles. The third-order valence-corrected chi connectivity index (χ3v) is 6.09. The van der Waals surface area contributed by atoms with Gasteiger partial charge < -0.3 is 9.47 Å². The standard InChI is InChI=1S/C19H24ClN3O2Si/c1-24-15-7-5-14(6-8-15)19-16-11-18(20)21-12-17(16)23(22-19)13-25-9-10-26(2,3)4/h5-8,11-12H,9-10,13H2,1-4H3. The molecule has 0 spiro atoms. The maximum atomic E-state index is 6.12. The monoisotopic (exact) mass is 389 g/mol. The highest BCUT2D eigenvalue weighted by Crippen LogP contribution is 2.30. The van der Waals surface area contributed by atoms with E-state index in [1.807, 2.05) is 35.0 Å². The van der Waals surface area contributed by atoms with E-state index in [4.69, 9.17) is 26.2 Å². The molecule has 0 N–H and O–H groups in total. The Morgan fingerprint density at radius 3 is 2.54 bits per heavy atom. The Hall–Kier alpha value is -1.89. The average Bonchev–Trinajstić information content (AvgIpc) is 2.96. The lowest BCUT2D eigenvalue weighted by atomic mass is 10.1. The molecule has 2 aromatic heterocycles. The summed E-state index contributed by atoms with van der Waals surface area (Å²) in [6.45, 7) is 8.17. The van der Waals surface area contributed by atoms with Gasteiger partial charge in [0.15, 0.2) is 0 Å². The lowest BCUT2D eigenvalue weighted by Gasteiger charge is -2.15. The van der Waals surface area contributed by atoms with Crippen LogP contribution in [0.1, 0.15) is 0 Å². The zero-order valence-electron chi connectivity index (χ0n) is 15.6. The molecule has 0 fully saturated rings. The van der Waals surface area contributed by atoms with E-state index in [0.717, 1.165) is 40.6 Å². The second-order valence-electron chi connectivity index (χ2n) is 7.45. The molecule has 0 atom stereocenters. The molecule has 0 bridgehead atoms. The van der Waals surface area contributed by atoms with Gasteiger partial charge in [0.05, 0.1) is 18.8 Å². The maximum Gasteiger partial charge on any atom is 0.140 e. The number of nitrogens with zero attached hydrogens (tertiary/aromatic N) is 3. The van der Waals surface area contributed by atoms with Crippen LogP contribution in [0.4, 0.5) is 0 Å². The Kier molecular flexibility index (Phi) is 5.65. The Morgan fingerprint density at radius 1 is 1.15 bits per heavy atom. The second kappa shape index (κ2) is 7.78. The van der Waals surface area contributed by atoms with Gasteiger partial charge >= 0.3 is 0 Å². The molecular formula is C19H24ClN3O2Si. The fourth-order valence-corrected chi connectivity index (χ4v) is 3.55. The van der Waals surface area contributed by atoms with Crippen molar-refractivity contribution in [1.82, 2.24) is 14.8 Å². The zero-order chi connectivity index (χ0) is 18.7. The summed E-state index contributed by atoms with van der Waals surface area (Å²) in [5, 5.41) is 6.17. The summed E-state index contributed by atoms with van der Waals surface area (Å²) in [6, 6.07) is 10.8. The van der Waals surface area contributed by atoms with Crippen LogP contribution in [0.5, 0.6) is 5.75 Å². The van der Waals surface area contributed by atoms with Crippen molar-refractivity contribution in [2.75, 3.05) is 13.7 Å². The van der Waals surface area contributed by atoms with Crippen LogP contribution in [0.15, 0.2) is 36.5 Å². The predicted octanol–water partition coefficient (Wildman–Crippen LogP) is 5.07. The largest absolute Gasteiger partial charge is 0.497 e. The first-order valence-corrected chi connectivity index (χ1v) is 12.7. The topological polar surface area (TPSA) is 49.2 Å². The number of hydrogen-bond acceptors (Lipinski definition) is 4. The summed E-state index contributed by atoms with van der Waals surface area (Å²) in [5.74, 6) is 0.812. The van der Waals surface area contributed by atoms with Crippen LogP contribution in [-0.4, -0.2) is 36.6 Å². The van der Waals surface area contributed by atoms with E-state index < -0.39 is 8.07 Å². The van der Waals surface area contributed by atoms with Crippen LogP contribution in [-0.2, 0) is 11.5 Å². The first kappa shape index (κ1) is 18.9. The summed E-state index contributed by atoms with van der Waals surface area (Å²) < 4.78 is 13.0. The molecule has 0 amide bonds. The molecule has 0 radical (unpaired) electrons. The molecule has 3 aromatic rings. The summed E-state index contributed by atoms with van der Waals surface area (Å²) in [5.41, 5.74) is 2.77. The van der Waals surface area contributed by atoms with Crippen LogP contribution in [0.3, 0.4) is 0 Å². The molecule has 7 heteroatoms.